The molecule has 0 unspecified atom stereocenters. The Morgan fingerprint density at radius 3 is 2.54 bits per heavy atom. The van der Waals surface area contributed by atoms with Crippen LogP contribution >= 0.6 is 11.9 Å². The van der Waals surface area contributed by atoms with Gasteiger partial charge in [-0.3, -0.25) is 9.71 Å². The number of para-hydroxylation sites is 1. The molecule has 2 aromatic heterocycles. The highest BCUT2D eigenvalue weighted by Crippen LogP contribution is 2.32. The molecule has 0 fully saturated rings. The molecule has 0 aliphatic carbocycles. The van der Waals surface area contributed by atoms with E-state index in [2.05, 4.69) is 74.9 Å². The van der Waals surface area contributed by atoms with Crippen LogP contribution < -0.4 is 4.72 Å². The molecule has 0 saturated heterocycles. The Balaban J connectivity index is 1.98. The molecule has 4 rings (SSSR count). The summed E-state index contributed by atoms with van der Waals surface area (Å²) in [5, 5.41) is 1.23. The van der Waals surface area contributed by atoms with E-state index >= 15 is 0 Å². The number of rotatable bonds is 4. The Bertz CT molecular complexity index is 977. The van der Waals surface area contributed by atoms with Gasteiger partial charge in [0.25, 0.3) is 0 Å². The molecule has 4 aromatic rings. The van der Waals surface area contributed by atoms with Crippen molar-refractivity contribution in [2.45, 2.75) is 4.90 Å². The van der Waals surface area contributed by atoms with Crippen LogP contribution in [-0.2, 0) is 0 Å². The first-order chi connectivity index (χ1) is 11.9. The third kappa shape index (κ3) is 2.70. The highest BCUT2D eigenvalue weighted by molar-refractivity contribution is 7.97. The SMILES string of the molecule is CNSc1cncc(-n2c(-c3ccccc3)cc3ccccc32)c1. The fourth-order valence-electron chi connectivity index (χ4n) is 2.96. The summed E-state index contributed by atoms with van der Waals surface area (Å²) in [6.07, 6.45) is 3.79. The average Bonchev–Trinajstić information content (AvgIpc) is 3.02. The van der Waals surface area contributed by atoms with Crippen LogP contribution in [0.25, 0.3) is 27.8 Å². The molecule has 0 saturated carbocycles. The summed E-state index contributed by atoms with van der Waals surface area (Å²) in [5.74, 6) is 0. The largest absolute Gasteiger partial charge is 0.308 e. The van der Waals surface area contributed by atoms with E-state index in [4.69, 9.17) is 0 Å². The molecule has 0 atom stereocenters. The Morgan fingerprint density at radius 2 is 1.71 bits per heavy atom. The van der Waals surface area contributed by atoms with Gasteiger partial charge in [0.05, 0.1) is 23.1 Å². The second-order valence-corrected chi connectivity index (χ2v) is 6.56. The lowest BCUT2D eigenvalue weighted by atomic mass is 10.1. The van der Waals surface area contributed by atoms with Crippen molar-refractivity contribution in [3.63, 3.8) is 0 Å². The van der Waals surface area contributed by atoms with Gasteiger partial charge in [0.15, 0.2) is 0 Å². The van der Waals surface area contributed by atoms with Gasteiger partial charge in [-0.2, -0.15) is 0 Å². The quantitative estimate of drug-likeness (QED) is 0.538. The lowest BCUT2D eigenvalue weighted by Crippen LogP contribution is -1.99. The van der Waals surface area contributed by atoms with Crippen LogP contribution in [0.2, 0.25) is 0 Å². The van der Waals surface area contributed by atoms with Crippen LogP contribution in [0.1, 0.15) is 0 Å². The first kappa shape index (κ1) is 15.0. The maximum Gasteiger partial charge on any atom is 0.0657 e. The normalized spacial score (nSPS) is 11.0. The zero-order valence-corrected chi connectivity index (χ0v) is 14.1. The lowest BCUT2D eigenvalue weighted by molar-refractivity contribution is 1.08. The highest BCUT2D eigenvalue weighted by atomic mass is 32.2. The fraction of sp³-hybridized carbons (Fsp3) is 0.0500. The molecule has 4 heteroatoms. The molecule has 0 spiro atoms. The van der Waals surface area contributed by atoms with E-state index in [9.17, 15) is 0 Å². The minimum Gasteiger partial charge on any atom is -0.308 e. The van der Waals surface area contributed by atoms with Crippen molar-refractivity contribution in [2.75, 3.05) is 7.05 Å². The molecule has 3 nitrogen and oxygen atoms in total. The predicted molar refractivity (Wildman–Crippen MR) is 101 cm³/mol. The molecule has 2 heterocycles. The van der Waals surface area contributed by atoms with E-state index < -0.39 is 0 Å². The number of fused-ring (bicyclic) bond motifs is 1. The van der Waals surface area contributed by atoms with Gasteiger partial charge in [-0.15, -0.1) is 0 Å². The van der Waals surface area contributed by atoms with Crippen LogP contribution in [-0.4, -0.2) is 16.6 Å². The van der Waals surface area contributed by atoms with Crippen molar-refractivity contribution in [2.24, 2.45) is 0 Å². The van der Waals surface area contributed by atoms with Gasteiger partial charge in [0.1, 0.15) is 0 Å². The van der Waals surface area contributed by atoms with E-state index in [1.54, 1.807) is 11.9 Å². The number of hydrogen-bond acceptors (Lipinski definition) is 3. The molecular weight excluding hydrogens is 314 g/mol. The second kappa shape index (κ2) is 6.51. The molecule has 1 N–H and O–H groups in total. The van der Waals surface area contributed by atoms with Crippen LogP contribution in [0.5, 0.6) is 0 Å². The van der Waals surface area contributed by atoms with Crippen LogP contribution in [0, 0.1) is 0 Å². The van der Waals surface area contributed by atoms with Crippen molar-refractivity contribution < 1.29 is 0 Å². The molecule has 0 aliphatic heterocycles. The monoisotopic (exact) mass is 331 g/mol. The fourth-order valence-corrected chi connectivity index (χ4v) is 3.49. The van der Waals surface area contributed by atoms with E-state index in [1.807, 2.05) is 25.5 Å². The van der Waals surface area contributed by atoms with E-state index in [0.717, 1.165) is 10.6 Å². The molecule has 0 amide bonds. The Hall–Kier alpha value is -2.56. The zero-order chi connectivity index (χ0) is 16.4. The van der Waals surface area contributed by atoms with E-state index in [-0.39, 0.29) is 0 Å². The number of nitrogens with zero attached hydrogens (tertiary/aromatic N) is 2. The summed E-state index contributed by atoms with van der Waals surface area (Å²) < 4.78 is 5.38. The highest BCUT2D eigenvalue weighted by Gasteiger charge is 2.12. The van der Waals surface area contributed by atoms with Gasteiger partial charge in [-0.05, 0) is 42.8 Å². The van der Waals surface area contributed by atoms with Gasteiger partial charge in [0, 0.05) is 16.5 Å². The first-order valence-electron chi connectivity index (χ1n) is 7.82. The van der Waals surface area contributed by atoms with Gasteiger partial charge in [-0.1, -0.05) is 48.5 Å². The molecule has 2 aromatic carbocycles. The molecule has 118 valence electrons. The number of hydrogen-bond donors (Lipinski definition) is 1. The molecule has 24 heavy (non-hydrogen) atoms. The van der Waals surface area contributed by atoms with Crippen LogP contribution in [0.15, 0.2) is 84.0 Å². The lowest BCUT2D eigenvalue weighted by Gasteiger charge is -2.12. The summed E-state index contributed by atoms with van der Waals surface area (Å²) in [5.41, 5.74) is 4.62. The standard InChI is InChI=1S/C20H17N3S/c1-21-24-18-12-17(13-22-14-18)23-19-10-6-5-9-16(19)11-20(23)15-7-3-2-4-8-15/h2-14,21H,1H3. The number of aromatic nitrogens is 2. The average molecular weight is 331 g/mol. The van der Waals surface area contributed by atoms with Crippen molar-refractivity contribution in [1.82, 2.24) is 14.3 Å². The van der Waals surface area contributed by atoms with Gasteiger partial charge >= 0.3 is 0 Å². The molecule has 0 aliphatic rings. The van der Waals surface area contributed by atoms with Gasteiger partial charge in [0.2, 0.25) is 0 Å². The number of pyridine rings is 1. The molecule has 0 radical (unpaired) electrons. The minimum atomic E-state index is 1.07. The van der Waals surface area contributed by atoms with Crippen molar-refractivity contribution >= 4 is 22.9 Å². The van der Waals surface area contributed by atoms with Gasteiger partial charge in [-0.25, -0.2) is 0 Å². The minimum absolute atomic E-state index is 1.07. The van der Waals surface area contributed by atoms with E-state index in [1.165, 1.54) is 22.2 Å². The van der Waals surface area contributed by atoms with Crippen LogP contribution in [0.4, 0.5) is 0 Å². The second-order valence-electron chi connectivity index (χ2n) is 5.47. The van der Waals surface area contributed by atoms with Crippen LogP contribution in [0.3, 0.4) is 0 Å². The summed E-state index contributed by atoms with van der Waals surface area (Å²) in [6, 6.07) is 23.3. The third-order valence-electron chi connectivity index (χ3n) is 3.96. The summed E-state index contributed by atoms with van der Waals surface area (Å²) in [4.78, 5) is 5.51. The third-order valence-corrected chi connectivity index (χ3v) is 4.62. The summed E-state index contributed by atoms with van der Waals surface area (Å²) in [7, 11) is 1.91. The Morgan fingerprint density at radius 1 is 0.917 bits per heavy atom. The van der Waals surface area contributed by atoms with Crippen molar-refractivity contribution in [1.29, 1.82) is 0 Å². The summed E-state index contributed by atoms with van der Waals surface area (Å²) >= 11 is 1.57. The topological polar surface area (TPSA) is 29.9 Å². The predicted octanol–water partition coefficient (Wildman–Crippen LogP) is 4.92. The van der Waals surface area contributed by atoms with Crippen molar-refractivity contribution in [3.05, 3.63) is 79.1 Å². The maximum absolute atomic E-state index is 4.42. The number of nitrogens with one attached hydrogen (secondary N) is 1. The summed E-state index contributed by atoms with van der Waals surface area (Å²) in [6.45, 7) is 0. The Labute approximate surface area is 145 Å². The first-order valence-corrected chi connectivity index (χ1v) is 8.63. The zero-order valence-electron chi connectivity index (χ0n) is 13.3. The smallest absolute Gasteiger partial charge is 0.0657 e. The van der Waals surface area contributed by atoms with Crippen molar-refractivity contribution in [3.8, 4) is 16.9 Å². The van der Waals surface area contributed by atoms with Gasteiger partial charge < -0.3 is 4.57 Å². The Kier molecular flexibility index (Phi) is 4.07. The van der Waals surface area contributed by atoms with E-state index in [0.29, 0.717) is 0 Å². The molecular formula is C20H17N3S. The maximum atomic E-state index is 4.42. The number of benzene rings is 2. The molecule has 0 bridgehead atoms.